The van der Waals surface area contributed by atoms with Gasteiger partial charge >= 0.3 is 0 Å². The maximum atomic E-state index is 13.1. The Morgan fingerprint density at radius 2 is 2.00 bits per heavy atom. The molecule has 0 unspecified atom stereocenters. The number of anilines is 1. The van der Waals surface area contributed by atoms with Crippen LogP contribution in [0.4, 0.5) is 10.1 Å². The normalized spacial score (nSPS) is 12.3. The number of benzene rings is 2. The summed E-state index contributed by atoms with van der Waals surface area (Å²) in [5.41, 5.74) is 1.56. The topological polar surface area (TPSA) is 38.8 Å². The summed E-state index contributed by atoms with van der Waals surface area (Å²) in [7, 11) is 1.71. The number of ether oxygens (including phenoxy) is 2. The Morgan fingerprint density at radius 3 is 2.82 bits per heavy atom. The second-order valence-electron chi connectivity index (χ2n) is 5.12. The molecule has 0 aromatic heterocycles. The number of amides is 1. The molecule has 5 heteroatoms. The zero-order valence-electron chi connectivity index (χ0n) is 12.2. The monoisotopic (exact) mass is 301 g/mol. The highest BCUT2D eigenvalue weighted by Crippen LogP contribution is 2.35. The highest BCUT2D eigenvalue weighted by molar-refractivity contribution is 5.93. The van der Waals surface area contributed by atoms with E-state index in [9.17, 15) is 9.18 Å². The Kier molecular flexibility index (Phi) is 3.96. The van der Waals surface area contributed by atoms with Crippen LogP contribution in [0.15, 0.2) is 42.5 Å². The number of halogens is 1. The van der Waals surface area contributed by atoms with E-state index < -0.39 is 0 Å². The number of fused-ring (bicyclic) bond motifs is 1. The number of hydrogen-bond acceptors (Lipinski definition) is 3. The minimum absolute atomic E-state index is 0.0388. The summed E-state index contributed by atoms with van der Waals surface area (Å²) < 4.78 is 23.7. The van der Waals surface area contributed by atoms with Crippen molar-refractivity contribution in [2.75, 3.05) is 18.7 Å². The van der Waals surface area contributed by atoms with Crippen LogP contribution in [0.2, 0.25) is 0 Å². The smallest absolute Gasteiger partial charge is 0.231 e. The van der Waals surface area contributed by atoms with Crippen molar-refractivity contribution in [1.82, 2.24) is 0 Å². The molecule has 1 heterocycles. The number of aryl methyl sites for hydroxylation is 1. The largest absolute Gasteiger partial charge is 0.454 e. The number of carbonyl (C=O) groups is 1. The van der Waals surface area contributed by atoms with Gasteiger partial charge in [0.25, 0.3) is 0 Å². The first-order valence-corrected chi connectivity index (χ1v) is 7.04. The fourth-order valence-corrected chi connectivity index (χ4v) is 2.35. The third kappa shape index (κ3) is 3.03. The van der Waals surface area contributed by atoms with Crippen LogP contribution in [-0.4, -0.2) is 19.7 Å². The summed E-state index contributed by atoms with van der Waals surface area (Å²) >= 11 is 0. The van der Waals surface area contributed by atoms with Crippen LogP contribution in [0, 0.1) is 5.82 Å². The van der Waals surface area contributed by atoms with E-state index in [0.29, 0.717) is 24.3 Å². The molecule has 0 fully saturated rings. The first kappa shape index (κ1) is 14.4. The van der Waals surface area contributed by atoms with Crippen molar-refractivity contribution >= 4 is 11.6 Å². The summed E-state index contributed by atoms with van der Waals surface area (Å²) in [4.78, 5) is 13.8. The average Bonchev–Trinajstić information content (AvgIpc) is 2.99. The Balaban J connectivity index is 1.64. The zero-order valence-corrected chi connectivity index (χ0v) is 12.2. The van der Waals surface area contributed by atoms with Crippen LogP contribution in [0.3, 0.4) is 0 Å². The lowest BCUT2D eigenvalue weighted by Gasteiger charge is -2.17. The second-order valence-corrected chi connectivity index (χ2v) is 5.12. The molecule has 114 valence electrons. The van der Waals surface area contributed by atoms with Crippen molar-refractivity contribution < 1.29 is 18.7 Å². The van der Waals surface area contributed by atoms with Crippen LogP contribution < -0.4 is 14.4 Å². The van der Waals surface area contributed by atoms with E-state index in [1.165, 1.54) is 12.1 Å². The van der Waals surface area contributed by atoms with E-state index in [4.69, 9.17) is 9.47 Å². The molecule has 0 N–H and O–H groups in total. The molecule has 0 radical (unpaired) electrons. The van der Waals surface area contributed by atoms with Gasteiger partial charge in [0, 0.05) is 25.2 Å². The summed E-state index contributed by atoms with van der Waals surface area (Å²) in [6, 6.07) is 11.7. The number of carbonyl (C=O) groups excluding carboxylic acids is 1. The first-order chi connectivity index (χ1) is 10.6. The molecular formula is C17H16FNO3. The minimum Gasteiger partial charge on any atom is -0.454 e. The third-order valence-electron chi connectivity index (χ3n) is 3.63. The number of nitrogens with zero attached hydrogens (tertiary/aromatic N) is 1. The van der Waals surface area contributed by atoms with E-state index >= 15 is 0 Å². The Hall–Kier alpha value is -2.56. The van der Waals surface area contributed by atoms with Crippen LogP contribution in [0.1, 0.15) is 12.0 Å². The molecule has 1 aliphatic rings. The van der Waals surface area contributed by atoms with Gasteiger partial charge in [-0.3, -0.25) is 4.79 Å². The number of hydrogen-bond donors (Lipinski definition) is 0. The molecule has 0 spiro atoms. The quantitative estimate of drug-likeness (QED) is 0.871. The Morgan fingerprint density at radius 1 is 1.18 bits per heavy atom. The number of rotatable bonds is 4. The molecule has 0 aliphatic carbocycles. The molecule has 3 rings (SSSR count). The highest BCUT2D eigenvalue weighted by atomic mass is 19.1. The molecule has 0 saturated heterocycles. The van der Waals surface area contributed by atoms with Gasteiger partial charge in [-0.05, 0) is 36.2 Å². The molecule has 2 aromatic rings. The van der Waals surface area contributed by atoms with Crippen LogP contribution >= 0.6 is 0 Å². The van der Waals surface area contributed by atoms with Crippen molar-refractivity contribution in [3.8, 4) is 11.5 Å². The van der Waals surface area contributed by atoms with Gasteiger partial charge in [-0.2, -0.15) is 0 Å². The molecule has 0 atom stereocenters. The van der Waals surface area contributed by atoms with Gasteiger partial charge in [0.2, 0.25) is 12.7 Å². The Bertz CT molecular complexity index is 702. The molecule has 1 amide bonds. The first-order valence-electron chi connectivity index (χ1n) is 7.04. The van der Waals surface area contributed by atoms with Gasteiger partial charge in [0.15, 0.2) is 11.5 Å². The van der Waals surface area contributed by atoms with Gasteiger partial charge in [0.05, 0.1) is 0 Å². The third-order valence-corrected chi connectivity index (χ3v) is 3.63. The standard InChI is InChI=1S/C17H16FNO3/c1-19(14-6-7-15-16(10-14)22-11-21-15)17(20)8-5-12-3-2-4-13(18)9-12/h2-4,6-7,9-10H,5,8,11H2,1H3. The van der Waals surface area contributed by atoms with Crippen LogP contribution in [-0.2, 0) is 11.2 Å². The fraction of sp³-hybridized carbons (Fsp3) is 0.235. The van der Waals surface area contributed by atoms with E-state index in [0.717, 1.165) is 11.3 Å². The molecule has 0 saturated carbocycles. The summed E-state index contributed by atoms with van der Waals surface area (Å²) in [5.74, 6) is 1.00. The van der Waals surface area contributed by atoms with Crippen LogP contribution in [0.5, 0.6) is 11.5 Å². The summed E-state index contributed by atoms with van der Waals surface area (Å²) in [6.45, 7) is 0.204. The highest BCUT2D eigenvalue weighted by Gasteiger charge is 2.17. The summed E-state index contributed by atoms with van der Waals surface area (Å²) in [5, 5.41) is 0. The Labute approximate surface area is 128 Å². The molecule has 4 nitrogen and oxygen atoms in total. The maximum Gasteiger partial charge on any atom is 0.231 e. The van der Waals surface area contributed by atoms with E-state index in [-0.39, 0.29) is 18.5 Å². The van der Waals surface area contributed by atoms with Gasteiger partial charge in [-0.15, -0.1) is 0 Å². The van der Waals surface area contributed by atoms with Gasteiger partial charge in [0.1, 0.15) is 5.82 Å². The summed E-state index contributed by atoms with van der Waals surface area (Å²) in [6.07, 6.45) is 0.819. The zero-order chi connectivity index (χ0) is 15.5. The van der Waals surface area contributed by atoms with Crippen LogP contribution in [0.25, 0.3) is 0 Å². The molecule has 0 bridgehead atoms. The lowest BCUT2D eigenvalue weighted by molar-refractivity contribution is -0.118. The van der Waals surface area contributed by atoms with Gasteiger partial charge in [-0.1, -0.05) is 12.1 Å². The van der Waals surface area contributed by atoms with E-state index in [1.54, 1.807) is 30.1 Å². The SMILES string of the molecule is CN(C(=O)CCc1cccc(F)c1)c1ccc2c(c1)OCO2. The fourth-order valence-electron chi connectivity index (χ4n) is 2.35. The molecule has 1 aliphatic heterocycles. The molecule has 2 aromatic carbocycles. The maximum absolute atomic E-state index is 13.1. The average molecular weight is 301 g/mol. The van der Waals surface area contributed by atoms with Gasteiger partial charge in [-0.25, -0.2) is 4.39 Å². The molecular weight excluding hydrogens is 285 g/mol. The second kappa shape index (κ2) is 6.05. The predicted octanol–water partition coefficient (Wildman–Crippen LogP) is 3.15. The lowest BCUT2D eigenvalue weighted by atomic mass is 10.1. The van der Waals surface area contributed by atoms with Crippen molar-refractivity contribution in [1.29, 1.82) is 0 Å². The minimum atomic E-state index is -0.283. The van der Waals surface area contributed by atoms with Gasteiger partial charge < -0.3 is 14.4 Å². The van der Waals surface area contributed by atoms with Crippen molar-refractivity contribution in [3.63, 3.8) is 0 Å². The van der Waals surface area contributed by atoms with E-state index in [2.05, 4.69) is 0 Å². The van der Waals surface area contributed by atoms with Crippen molar-refractivity contribution in [3.05, 3.63) is 53.8 Å². The molecule has 22 heavy (non-hydrogen) atoms. The van der Waals surface area contributed by atoms with Crippen molar-refractivity contribution in [2.45, 2.75) is 12.8 Å². The van der Waals surface area contributed by atoms with E-state index in [1.807, 2.05) is 12.1 Å². The predicted molar refractivity (Wildman–Crippen MR) is 80.7 cm³/mol. The lowest BCUT2D eigenvalue weighted by Crippen LogP contribution is -2.26. The van der Waals surface area contributed by atoms with Crippen molar-refractivity contribution in [2.24, 2.45) is 0 Å².